The summed E-state index contributed by atoms with van der Waals surface area (Å²) in [5.74, 6) is -0.550. The second-order valence-electron chi connectivity index (χ2n) is 3.95. The van der Waals surface area contributed by atoms with Gasteiger partial charge in [0.1, 0.15) is 5.58 Å². The van der Waals surface area contributed by atoms with Crippen LogP contribution in [0.3, 0.4) is 0 Å². The molecular formula is C11H7BrN2O5S. The Hall–Kier alpha value is -2.00. The number of hydrogen-bond donors (Lipinski definition) is 2. The van der Waals surface area contributed by atoms with Crippen LogP contribution in [0.4, 0.5) is 0 Å². The lowest BCUT2D eigenvalue weighted by molar-refractivity contribution is 0.455. The highest BCUT2D eigenvalue weighted by atomic mass is 79.9. The summed E-state index contributed by atoms with van der Waals surface area (Å²) in [6.07, 6.45) is 0.775. The van der Waals surface area contributed by atoms with Crippen LogP contribution < -0.4 is 5.69 Å². The van der Waals surface area contributed by atoms with Gasteiger partial charge in [0.05, 0.1) is 10.7 Å². The Morgan fingerprint density at radius 1 is 1.30 bits per heavy atom. The van der Waals surface area contributed by atoms with E-state index in [1.165, 1.54) is 0 Å². The second kappa shape index (κ2) is 4.25. The molecule has 0 aliphatic carbocycles. The Kier molecular flexibility index (Phi) is 2.76. The number of halogens is 1. The van der Waals surface area contributed by atoms with Crippen molar-refractivity contribution in [2.45, 2.75) is 5.09 Å². The maximum absolute atomic E-state index is 12.4. The van der Waals surface area contributed by atoms with Crippen molar-refractivity contribution >= 4 is 36.9 Å². The molecule has 9 heteroatoms. The highest BCUT2D eigenvalue weighted by Crippen LogP contribution is 2.34. The first-order valence-corrected chi connectivity index (χ1v) is 7.58. The molecule has 3 rings (SSSR count). The van der Waals surface area contributed by atoms with Crippen molar-refractivity contribution < 1.29 is 17.9 Å². The summed E-state index contributed by atoms with van der Waals surface area (Å²) < 4.78 is 30.6. The molecule has 2 heterocycles. The number of benzene rings is 1. The van der Waals surface area contributed by atoms with Gasteiger partial charge in [0.15, 0.2) is 0 Å². The molecular weight excluding hydrogens is 352 g/mol. The van der Waals surface area contributed by atoms with Crippen molar-refractivity contribution in [2.75, 3.05) is 0 Å². The third-order valence-corrected chi connectivity index (χ3v) is 5.27. The summed E-state index contributed by atoms with van der Waals surface area (Å²) in [4.78, 5) is 13.5. The van der Waals surface area contributed by atoms with E-state index < -0.39 is 26.7 Å². The lowest BCUT2D eigenvalue weighted by atomic mass is 10.3. The molecule has 0 bridgehead atoms. The van der Waals surface area contributed by atoms with Gasteiger partial charge in [-0.3, -0.25) is 4.98 Å². The van der Waals surface area contributed by atoms with E-state index in [0.29, 0.717) is 14.9 Å². The number of nitrogens with one attached hydrogen (secondary N) is 1. The molecule has 0 unspecified atom stereocenters. The molecule has 0 aliphatic rings. The molecule has 0 saturated carbocycles. The van der Waals surface area contributed by atoms with Gasteiger partial charge in [-0.1, -0.05) is 12.1 Å². The topological polar surface area (TPSA) is 105 Å². The Morgan fingerprint density at radius 2 is 2.00 bits per heavy atom. The molecule has 7 nitrogen and oxygen atoms in total. The van der Waals surface area contributed by atoms with Crippen LogP contribution in [0.5, 0.6) is 5.88 Å². The van der Waals surface area contributed by atoms with E-state index in [0.717, 1.165) is 6.20 Å². The molecule has 2 aromatic heterocycles. The van der Waals surface area contributed by atoms with Gasteiger partial charge in [-0.15, -0.1) is 0 Å². The minimum atomic E-state index is -4.24. The fourth-order valence-corrected chi connectivity index (χ4v) is 4.03. The van der Waals surface area contributed by atoms with Gasteiger partial charge >= 0.3 is 15.7 Å². The van der Waals surface area contributed by atoms with Crippen molar-refractivity contribution in [1.82, 2.24) is 8.96 Å². The Bertz CT molecular complexity index is 966. The van der Waals surface area contributed by atoms with E-state index in [1.54, 1.807) is 24.3 Å². The SMILES string of the molecule is O=c1[nH]c(O)cn1S(=O)(=O)c1oc2ccccc2c1Br. The van der Waals surface area contributed by atoms with Gasteiger partial charge < -0.3 is 9.52 Å². The minimum Gasteiger partial charge on any atom is -0.493 e. The fourth-order valence-electron chi connectivity index (χ4n) is 1.79. The predicted octanol–water partition coefficient (Wildman–Crippen LogP) is 1.63. The van der Waals surface area contributed by atoms with Crippen LogP contribution in [0.15, 0.2) is 49.2 Å². The number of para-hydroxylation sites is 1. The molecule has 20 heavy (non-hydrogen) atoms. The van der Waals surface area contributed by atoms with Crippen LogP contribution in [0.25, 0.3) is 11.0 Å². The number of aromatic hydroxyl groups is 1. The standard InChI is InChI=1S/C11H7BrN2O5S/c12-9-6-3-1-2-4-7(6)19-10(9)20(17,18)14-5-8(15)13-11(14)16/h1-5,15H,(H,13,16). The van der Waals surface area contributed by atoms with Gasteiger partial charge in [-0.2, -0.15) is 12.4 Å². The minimum absolute atomic E-state index is 0.223. The first kappa shape index (κ1) is 13.0. The number of fused-ring (bicyclic) bond motifs is 1. The maximum Gasteiger partial charge on any atom is 0.342 e. The zero-order valence-corrected chi connectivity index (χ0v) is 12.1. The molecule has 0 saturated heterocycles. The van der Waals surface area contributed by atoms with Gasteiger partial charge in [0.25, 0.3) is 5.09 Å². The summed E-state index contributed by atoms with van der Waals surface area (Å²) >= 11 is 3.16. The lowest BCUT2D eigenvalue weighted by Gasteiger charge is -2.00. The van der Waals surface area contributed by atoms with Crippen LogP contribution >= 0.6 is 15.9 Å². The van der Waals surface area contributed by atoms with Crippen molar-refractivity contribution in [3.05, 3.63) is 45.4 Å². The molecule has 0 radical (unpaired) electrons. The molecule has 0 fully saturated rings. The third-order valence-electron chi connectivity index (χ3n) is 2.67. The number of hydrogen-bond acceptors (Lipinski definition) is 5. The lowest BCUT2D eigenvalue weighted by Crippen LogP contribution is -2.24. The van der Waals surface area contributed by atoms with Crippen molar-refractivity contribution in [3.8, 4) is 5.88 Å². The fraction of sp³-hybridized carbons (Fsp3) is 0. The van der Waals surface area contributed by atoms with Crippen molar-refractivity contribution in [1.29, 1.82) is 0 Å². The monoisotopic (exact) mass is 358 g/mol. The molecule has 0 spiro atoms. The van der Waals surface area contributed by atoms with E-state index in [-0.39, 0.29) is 4.47 Å². The summed E-state index contributed by atoms with van der Waals surface area (Å²) in [6.45, 7) is 0. The van der Waals surface area contributed by atoms with Crippen LogP contribution in [-0.2, 0) is 10.0 Å². The summed E-state index contributed by atoms with van der Waals surface area (Å²) in [5.41, 5.74) is -0.611. The maximum atomic E-state index is 12.4. The van der Waals surface area contributed by atoms with Crippen LogP contribution in [0.1, 0.15) is 0 Å². The molecule has 0 aliphatic heterocycles. The van der Waals surface area contributed by atoms with Gasteiger partial charge in [0.2, 0.25) is 5.88 Å². The summed E-state index contributed by atoms with van der Waals surface area (Å²) in [6, 6.07) is 6.71. The molecule has 104 valence electrons. The quantitative estimate of drug-likeness (QED) is 0.724. The first-order valence-electron chi connectivity index (χ1n) is 5.34. The Morgan fingerprint density at radius 3 is 2.60 bits per heavy atom. The number of rotatable bonds is 2. The number of H-pyrrole nitrogens is 1. The average Bonchev–Trinajstić information content (AvgIpc) is 2.91. The first-order chi connectivity index (χ1) is 9.41. The molecule has 3 aromatic rings. The van der Waals surface area contributed by atoms with E-state index in [9.17, 15) is 18.3 Å². The smallest absolute Gasteiger partial charge is 0.342 e. The van der Waals surface area contributed by atoms with E-state index in [4.69, 9.17) is 4.42 Å². The number of imidazole rings is 1. The van der Waals surface area contributed by atoms with Gasteiger partial charge in [0, 0.05) is 5.39 Å². The summed E-state index contributed by atoms with van der Waals surface area (Å²) in [7, 11) is -4.24. The number of furan rings is 1. The number of nitrogens with zero attached hydrogens (tertiary/aromatic N) is 1. The molecule has 1 aromatic carbocycles. The zero-order valence-electron chi connectivity index (χ0n) is 9.70. The molecule has 0 atom stereocenters. The van der Waals surface area contributed by atoms with Crippen molar-refractivity contribution in [3.63, 3.8) is 0 Å². The van der Waals surface area contributed by atoms with Crippen LogP contribution in [0, 0.1) is 0 Å². The molecule has 2 N–H and O–H groups in total. The van der Waals surface area contributed by atoms with Gasteiger partial charge in [-0.25, -0.2) is 4.79 Å². The summed E-state index contributed by atoms with van der Waals surface area (Å²) in [5, 5.41) is 9.34. The van der Waals surface area contributed by atoms with Gasteiger partial charge in [-0.05, 0) is 28.1 Å². The number of aromatic amines is 1. The normalized spacial score (nSPS) is 12.1. The third kappa shape index (κ3) is 1.78. The van der Waals surface area contributed by atoms with E-state index in [2.05, 4.69) is 15.9 Å². The zero-order chi connectivity index (χ0) is 14.5. The Labute approximate surface area is 120 Å². The van der Waals surface area contributed by atoms with Crippen LogP contribution in [-0.4, -0.2) is 22.5 Å². The van der Waals surface area contributed by atoms with E-state index >= 15 is 0 Å². The largest absolute Gasteiger partial charge is 0.493 e. The average molecular weight is 359 g/mol. The van der Waals surface area contributed by atoms with Crippen LogP contribution in [0.2, 0.25) is 0 Å². The number of aromatic nitrogens is 2. The van der Waals surface area contributed by atoms with Crippen molar-refractivity contribution in [2.24, 2.45) is 0 Å². The van der Waals surface area contributed by atoms with E-state index in [1.807, 2.05) is 4.98 Å². The highest BCUT2D eigenvalue weighted by Gasteiger charge is 2.28. The Balaban J connectivity index is 2.32. The highest BCUT2D eigenvalue weighted by molar-refractivity contribution is 9.10. The molecule has 0 amide bonds. The second-order valence-corrected chi connectivity index (χ2v) is 6.45. The predicted molar refractivity (Wildman–Crippen MR) is 73.2 cm³/mol.